The lowest BCUT2D eigenvalue weighted by Gasteiger charge is -2.08. The van der Waals surface area contributed by atoms with Crippen LogP contribution in [0, 0.1) is 0 Å². The quantitative estimate of drug-likeness (QED) is 0.462. The van der Waals surface area contributed by atoms with Crippen LogP contribution in [0.1, 0.15) is 33.2 Å². The van der Waals surface area contributed by atoms with E-state index in [1.54, 1.807) is 79.7 Å². The fraction of sp³-hybridized carbons (Fsp3) is 0.0435. The Bertz CT molecular complexity index is 1080. The van der Waals surface area contributed by atoms with Crippen molar-refractivity contribution in [1.29, 1.82) is 0 Å². The molecule has 6 nitrogen and oxygen atoms in total. The molecule has 0 saturated heterocycles. The van der Waals surface area contributed by atoms with Crippen molar-refractivity contribution < 1.29 is 9.59 Å². The largest absolute Gasteiger partial charge is 0.271 e. The van der Waals surface area contributed by atoms with E-state index in [4.69, 9.17) is 11.6 Å². The Morgan fingerprint density at radius 1 is 0.667 bits per heavy atom. The fourth-order valence-corrected chi connectivity index (χ4v) is 2.69. The molecule has 0 spiro atoms. The van der Waals surface area contributed by atoms with Gasteiger partial charge in [-0.2, -0.15) is 10.2 Å². The average molecular weight is 419 g/mol. The van der Waals surface area contributed by atoms with Gasteiger partial charge in [0.25, 0.3) is 11.8 Å². The highest BCUT2D eigenvalue weighted by Crippen LogP contribution is 2.11. The monoisotopic (exact) mass is 418 g/mol. The molecule has 2 N–H and O–H groups in total. The Hall–Kier alpha value is -3.77. The molecule has 0 radical (unpaired) electrons. The van der Waals surface area contributed by atoms with Crippen molar-refractivity contribution >= 4 is 34.8 Å². The number of nitrogens with zero attached hydrogens (tertiary/aromatic N) is 2. The van der Waals surface area contributed by atoms with Crippen LogP contribution in [0.2, 0.25) is 5.02 Å². The van der Waals surface area contributed by atoms with Gasteiger partial charge in [0.2, 0.25) is 0 Å². The molecule has 30 heavy (non-hydrogen) atoms. The molecule has 0 fully saturated rings. The Kier molecular flexibility index (Phi) is 7.08. The van der Waals surface area contributed by atoms with Gasteiger partial charge in [0.1, 0.15) is 5.71 Å². The molecule has 7 heteroatoms. The number of hydrogen-bond acceptors (Lipinski definition) is 4. The van der Waals surface area contributed by atoms with Crippen LogP contribution in [0.25, 0.3) is 0 Å². The molecule has 0 heterocycles. The molecule has 0 unspecified atom stereocenters. The van der Waals surface area contributed by atoms with Crippen molar-refractivity contribution in [1.82, 2.24) is 10.9 Å². The normalized spacial score (nSPS) is 11.7. The summed E-state index contributed by atoms with van der Waals surface area (Å²) in [6.07, 6.45) is 0. The maximum absolute atomic E-state index is 12.4. The topological polar surface area (TPSA) is 82.9 Å². The number of nitrogens with one attached hydrogen (secondary N) is 2. The van der Waals surface area contributed by atoms with Crippen LogP contribution in [-0.4, -0.2) is 23.2 Å². The molecule has 2 amide bonds. The first-order valence-corrected chi connectivity index (χ1v) is 9.51. The van der Waals surface area contributed by atoms with Crippen LogP contribution in [0.4, 0.5) is 0 Å². The molecule has 0 aliphatic rings. The molecule has 0 aromatic heterocycles. The minimum absolute atomic E-state index is 0.348. The first kappa shape index (κ1) is 21.0. The minimum atomic E-state index is -0.358. The van der Waals surface area contributed by atoms with E-state index in [2.05, 4.69) is 21.1 Å². The second-order valence-corrected chi connectivity index (χ2v) is 6.71. The molecular formula is C23H19ClN4O2. The van der Waals surface area contributed by atoms with Gasteiger partial charge in [0.05, 0.1) is 5.71 Å². The SMILES string of the molecule is CC(=N\NC(=O)c1ccccc1)/C(=N/NC(=O)c1ccccc1)c1ccc(Cl)cc1. The number of halogens is 1. The van der Waals surface area contributed by atoms with Gasteiger partial charge >= 0.3 is 0 Å². The number of hydrogen-bond donors (Lipinski definition) is 2. The lowest BCUT2D eigenvalue weighted by Crippen LogP contribution is -2.26. The van der Waals surface area contributed by atoms with Crippen LogP contribution in [0.15, 0.2) is 95.1 Å². The van der Waals surface area contributed by atoms with E-state index in [0.29, 0.717) is 33.1 Å². The smallest absolute Gasteiger partial charge is 0.267 e. The number of benzene rings is 3. The third-order valence-corrected chi connectivity index (χ3v) is 4.38. The fourth-order valence-electron chi connectivity index (χ4n) is 2.56. The predicted molar refractivity (Wildman–Crippen MR) is 119 cm³/mol. The van der Waals surface area contributed by atoms with Crippen LogP contribution in [-0.2, 0) is 0 Å². The third kappa shape index (κ3) is 5.62. The zero-order valence-corrected chi connectivity index (χ0v) is 16.9. The van der Waals surface area contributed by atoms with E-state index in [0.717, 1.165) is 0 Å². The molecule has 3 aromatic carbocycles. The molecule has 0 aliphatic carbocycles. The summed E-state index contributed by atoms with van der Waals surface area (Å²) in [5.41, 5.74) is 7.49. The Balaban J connectivity index is 1.84. The zero-order valence-electron chi connectivity index (χ0n) is 16.2. The Morgan fingerprint density at radius 2 is 1.13 bits per heavy atom. The molecular weight excluding hydrogens is 400 g/mol. The Morgan fingerprint density at radius 3 is 1.63 bits per heavy atom. The summed E-state index contributed by atoms with van der Waals surface area (Å²) in [6, 6.07) is 24.4. The van der Waals surface area contributed by atoms with Gasteiger partial charge in [-0.15, -0.1) is 0 Å². The highest BCUT2D eigenvalue weighted by molar-refractivity contribution is 6.47. The number of carbonyl (C=O) groups is 2. The van der Waals surface area contributed by atoms with Crippen molar-refractivity contribution in [3.63, 3.8) is 0 Å². The molecule has 150 valence electrons. The summed E-state index contributed by atoms with van der Waals surface area (Å²) in [5.74, 6) is -0.707. The average Bonchev–Trinajstić information content (AvgIpc) is 2.79. The van der Waals surface area contributed by atoms with Crippen molar-refractivity contribution in [3.05, 3.63) is 107 Å². The van der Waals surface area contributed by atoms with Crippen LogP contribution >= 0.6 is 11.6 Å². The van der Waals surface area contributed by atoms with Gasteiger partial charge in [0.15, 0.2) is 0 Å². The van der Waals surface area contributed by atoms with Gasteiger partial charge in [0, 0.05) is 21.7 Å². The first-order chi connectivity index (χ1) is 14.5. The van der Waals surface area contributed by atoms with Gasteiger partial charge < -0.3 is 0 Å². The van der Waals surface area contributed by atoms with Gasteiger partial charge in [-0.1, -0.05) is 60.1 Å². The van der Waals surface area contributed by atoms with Crippen molar-refractivity contribution in [3.8, 4) is 0 Å². The highest BCUT2D eigenvalue weighted by Gasteiger charge is 2.12. The molecule has 3 aromatic rings. The lowest BCUT2D eigenvalue weighted by atomic mass is 10.1. The van der Waals surface area contributed by atoms with Gasteiger partial charge in [-0.3, -0.25) is 9.59 Å². The highest BCUT2D eigenvalue weighted by atomic mass is 35.5. The van der Waals surface area contributed by atoms with Crippen LogP contribution in [0.5, 0.6) is 0 Å². The number of amides is 2. The van der Waals surface area contributed by atoms with Gasteiger partial charge in [-0.05, 0) is 43.3 Å². The van der Waals surface area contributed by atoms with Crippen molar-refractivity contribution in [2.75, 3.05) is 0 Å². The van der Waals surface area contributed by atoms with Crippen molar-refractivity contribution in [2.45, 2.75) is 6.92 Å². The predicted octanol–water partition coefficient (Wildman–Crippen LogP) is 4.28. The van der Waals surface area contributed by atoms with Crippen LogP contribution < -0.4 is 10.9 Å². The summed E-state index contributed by atoms with van der Waals surface area (Å²) >= 11 is 5.98. The van der Waals surface area contributed by atoms with Gasteiger partial charge in [-0.25, -0.2) is 10.9 Å². The van der Waals surface area contributed by atoms with E-state index in [-0.39, 0.29) is 11.8 Å². The van der Waals surface area contributed by atoms with Crippen LogP contribution in [0.3, 0.4) is 0 Å². The first-order valence-electron chi connectivity index (χ1n) is 9.13. The Labute approximate surface area is 179 Å². The summed E-state index contributed by atoms with van der Waals surface area (Å²) in [6.45, 7) is 1.69. The lowest BCUT2D eigenvalue weighted by molar-refractivity contribution is 0.0946. The second-order valence-electron chi connectivity index (χ2n) is 6.28. The second kappa shape index (κ2) is 10.1. The van der Waals surface area contributed by atoms with Crippen molar-refractivity contribution in [2.24, 2.45) is 10.2 Å². The number of rotatable bonds is 6. The summed E-state index contributed by atoms with van der Waals surface area (Å²) in [4.78, 5) is 24.6. The summed E-state index contributed by atoms with van der Waals surface area (Å²) in [7, 11) is 0. The van der Waals surface area contributed by atoms with E-state index < -0.39 is 0 Å². The van der Waals surface area contributed by atoms with E-state index >= 15 is 0 Å². The standard InChI is InChI=1S/C23H19ClN4O2/c1-16(25-27-22(29)18-8-4-2-5-9-18)21(17-12-14-20(24)15-13-17)26-28-23(30)19-10-6-3-7-11-19/h2-15H,1H3,(H,27,29)(H,28,30)/b25-16+,26-21-. The molecule has 3 rings (SSSR count). The maximum Gasteiger partial charge on any atom is 0.271 e. The number of hydrazone groups is 2. The molecule has 0 bridgehead atoms. The molecule has 0 saturated carbocycles. The zero-order chi connectivity index (χ0) is 21.3. The third-order valence-electron chi connectivity index (χ3n) is 4.13. The summed E-state index contributed by atoms with van der Waals surface area (Å²) < 4.78 is 0. The van der Waals surface area contributed by atoms with E-state index in [9.17, 15) is 9.59 Å². The van der Waals surface area contributed by atoms with E-state index in [1.807, 2.05) is 12.1 Å². The minimum Gasteiger partial charge on any atom is -0.267 e. The maximum atomic E-state index is 12.4. The van der Waals surface area contributed by atoms with E-state index in [1.165, 1.54) is 0 Å². The molecule has 0 aliphatic heterocycles. The summed E-state index contributed by atoms with van der Waals surface area (Å²) in [5, 5.41) is 8.96. The number of carbonyl (C=O) groups excluding carboxylic acids is 2. The molecule has 0 atom stereocenters.